The average Bonchev–Trinajstić information content (AvgIpc) is 2.86. The molecule has 106 valence electrons. The van der Waals surface area contributed by atoms with Gasteiger partial charge < -0.3 is 10.6 Å². The molecule has 1 aliphatic rings. The van der Waals surface area contributed by atoms with Crippen molar-refractivity contribution in [1.82, 2.24) is 9.80 Å². The smallest absolute Gasteiger partial charge is 0.236 e. The quantitative estimate of drug-likeness (QED) is 0.907. The first-order valence-corrected chi connectivity index (χ1v) is 7.68. The molecule has 0 bridgehead atoms. The maximum atomic E-state index is 12.2. The van der Waals surface area contributed by atoms with Gasteiger partial charge in [-0.25, -0.2) is 0 Å². The van der Waals surface area contributed by atoms with Crippen molar-refractivity contribution in [1.29, 1.82) is 0 Å². The van der Waals surface area contributed by atoms with Crippen LogP contribution < -0.4 is 5.73 Å². The number of rotatable bonds is 4. The molecule has 1 fully saturated rings. The molecule has 0 aromatic carbocycles. The van der Waals surface area contributed by atoms with Gasteiger partial charge in [0.2, 0.25) is 5.91 Å². The Balaban J connectivity index is 1.80. The fourth-order valence-electron chi connectivity index (χ4n) is 2.35. The molecule has 1 aliphatic heterocycles. The summed E-state index contributed by atoms with van der Waals surface area (Å²) in [6.07, 6.45) is 1.09. The average molecular weight is 281 g/mol. The third-order valence-electron chi connectivity index (χ3n) is 3.86. The van der Waals surface area contributed by atoms with E-state index >= 15 is 0 Å². The second-order valence-corrected chi connectivity index (χ2v) is 6.53. The Hall–Kier alpha value is -0.910. The number of thiophene rings is 1. The SMILES string of the molecule is CC1CCN(CC(=O)N(C)Cc2cccs2)CC1N. The molecule has 1 aromatic rings. The summed E-state index contributed by atoms with van der Waals surface area (Å²) < 4.78 is 0. The van der Waals surface area contributed by atoms with Crippen LogP contribution in [0.4, 0.5) is 0 Å². The first-order chi connectivity index (χ1) is 9.06. The lowest BCUT2D eigenvalue weighted by Gasteiger charge is -2.35. The molecule has 19 heavy (non-hydrogen) atoms. The molecule has 0 radical (unpaired) electrons. The highest BCUT2D eigenvalue weighted by molar-refractivity contribution is 7.09. The first-order valence-electron chi connectivity index (χ1n) is 6.80. The Morgan fingerprint density at radius 3 is 3.05 bits per heavy atom. The summed E-state index contributed by atoms with van der Waals surface area (Å²) in [7, 11) is 1.87. The van der Waals surface area contributed by atoms with E-state index in [-0.39, 0.29) is 11.9 Å². The lowest BCUT2D eigenvalue weighted by Crippen LogP contribution is -2.50. The Labute approximate surface area is 119 Å². The van der Waals surface area contributed by atoms with Crippen LogP contribution in [0.5, 0.6) is 0 Å². The van der Waals surface area contributed by atoms with E-state index in [1.54, 1.807) is 16.2 Å². The van der Waals surface area contributed by atoms with Gasteiger partial charge in [-0.15, -0.1) is 11.3 Å². The Morgan fingerprint density at radius 1 is 1.63 bits per heavy atom. The van der Waals surface area contributed by atoms with Crippen LogP contribution in [-0.2, 0) is 11.3 Å². The van der Waals surface area contributed by atoms with Gasteiger partial charge in [-0.3, -0.25) is 9.69 Å². The lowest BCUT2D eigenvalue weighted by molar-refractivity contribution is -0.132. The molecule has 1 aromatic heterocycles. The van der Waals surface area contributed by atoms with Crippen molar-refractivity contribution in [3.8, 4) is 0 Å². The van der Waals surface area contributed by atoms with Gasteiger partial charge in [0.1, 0.15) is 0 Å². The number of nitrogens with two attached hydrogens (primary N) is 1. The van der Waals surface area contributed by atoms with Crippen LogP contribution in [0.3, 0.4) is 0 Å². The van der Waals surface area contributed by atoms with Crippen LogP contribution in [-0.4, -0.2) is 48.4 Å². The second-order valence-electron chi connectivity index (χ2n) is 5.49. The Bertz CT molecular complexity index is 407. The van der Waals surface area contributed by atoms with Gasteiger partial charge in [-0.2, -0.15) is 0 Å². The van der Waals surface area contributed by atoms with Gasteiger partial charge in [-0.1, -0.05) is 13.0 Å². The number of amides is 1. The molecular weight excluding hydrogens is 258 g/mol. The van der Waals surface area contributed by atoms with E-state index in [0.717, 1.165) is 19.5 Å². The Morgan fingerprint density at radius 2 is 2.42 bits per heavy atom. The molecule has 5 heteroatoms. The highest BCUT2D eigenvalue weighted by Crippen LogP contribution is 2.16. The predicted molar refractivity (Wildman–Crippen MR) is 79.0 cm³/mol. The third kappa shape index (κ3) is 4.03. The minimum absolute atomic E-state index is 0.176. The molecule has 2 atom stereocenters. The number of hydrogen-bond acceptors (Lipinski definition) is 4. The summed E-state index contributed by atoms with van der Waals surface area (Å²) in [5, 5.41) is 2.04. The van der Waals surface area contributed by atoms with Crippen molar-refractivity contribution in [3.63, 3.8) is 0 Å². The normalized spacial score (nSPS) is 24.4. The summed E-state index contributed by atoms with van der Waals surface area (Å²) in [5.41, 5.74) is 6.07. The van der Waals surface area contributed by atoms with E-state index in [1.807, 2.05) is 18.5 Å². The molecular formula is C14H23N3OS. The minimum Gasteiger partial charge on any atom is -0.340 e. The van der Waals surface area contributed by atoms with Crippen molar-refractivity contribution in [2.45, 2.75) is 25.9 Å². The zero-order valence-corrected chi connectivity index (χ0v) is 12.5. The van der Waals surface area contributed by atoms with Crippen molar-refractivity contribution in [2.24, 2.45) is 11.7 Å². The van der Waals surface area contributed by atoms with Gasteiger partial charge >= 0.3 is 0 Å². The fourth-order valence-corrected chi connectivity index (χ4v) is 3.11. The second kappa shape index (κ2) is 6.50. The fraction of sp³-hybridized carbons (Fsp3) is 0.643. The van der Waals surface area contributed by atoms with Crippen molar-refractivity contribution < 1.29 is 4.79 Å². The summed E-state index contributed by atoms with van der Waals surface area (Å²) in [6, 6.07) is 4.28. The summed E-state index contributed by atoms with van der Waals surface area (Å²) in [6.45, 7) is 5.19. The number of nitrogens with zero attached hydrogens (tertiary/aromatic N) is 2. The minimum atomic E-state index is 0.176. The van der Waals surface area contributed by atoms with E-state index in [1.165, 1.54) is 4.88 Å². The van der Waals surface area contributed by atoms with Crippen molar-refractivity contribution >= 4 is 17.2 Å². The molecule has 1 saturated heterocycles. The molecule has 0 spiro atoms. The van der Waals surface area contributed by atoms with E-state index in [4.69, 9.17) is 5.73 Å². The predicted octanol–water partition coefficient (Wildman–Crippen LogP) is 1.38. The highest BCUT2D eigenvalue weighted by atomic mass is 32.1. The van der Waals surface area contributed by atoms with Gasteiger partial charge in [0.05, 0.1) is 13.1 Å². The van der Waals surface area contributed by atoms with Crippen LogP contribution in [0.25, 0.3) is 0 Å². The van der Waals surface area contributed by atoms with E-state index in [0.29, 0.717) is 19.0 Å². The molecule has 0 saturated carbocycles. The van der Waals surface area contributed by atoms with E-state index < -0.39 is 0 Å². The topological polar surface area (TPSA) is 49.6 Å². The van der Waals surface area contributed by atoms with E-state index in [2.05, 4.69) is 17.9 Å². The summed E-state index contributed by atoms with van der Waals surface area (Å²) in [5.74, 6) is 0.741. The third-order valence-corrected chi connectivity index (χ3v) is 4.72. The first kappa shape index (κ1) is 14.5. The summed E-state index contributed by atoms with van der Waals surface area (Å²) in [4.78, 5) is 17.4. The van der Waals surface area contributed by atoms with Crippen LogP contribution in [0.1, 0.15) is 18.2 Å². The van der Waals surface area contributed by atoms with Crippen molar-refractivity contribution in [3.05, 3.63) is 22.4 Å². The Kier molecular flexibility index (Phi) is 4.96. The molecule has 2 unspecified atom stereocenters. The monoisotopic (exact) mass is 281 g/mol. The van der Waals surface area contributed by atoms with E-state index in [9.17, 15) is 4.79 Å². The highest BCUT2D eigenvalue weighted by Gasteiger charge is 2.25. The number of likely N-dealkylation sites (tertiary alicyclic amines) is 1. The maximum absolute atomic E-state index is 12.2. The lowest BCUT2D eigenvalue weighted by atomic mass is 9.94. The van der Waals surface area contributed by atoms with Crippen LogP contribution in [0, 0.1) is 5.92 Å². The largest absolute Gasteiger partial charge is 0.340 e. The standard InChI is InChI=1S/C14H23N3OS/c1-11-5-6-17(9-13(11)15)10-14(18)16(2)8-12-4-3-7-19-12/h3-4,7,11,13H,5-6,8-10,15H2,1-2H3. The van der Waals surface area contributed by atoms with Crippen molar-refractivity contribution in [2.75, 3.05) is 26.7 Å². The molecule has 2 rings (SSSR count). The zero-order valence-electron chi connectivity index (χ0n) is 11.7. The number of likely N-dealkylation sites (N-methyl/N-ethyl adjacent to an activating group) is 1. The van der Waals surface area contributed by atoms with Gasteiger partial charge in [0.15, 0.2) is 0 Å². The number of piperidine rings is 1. The molecule has 2 heterocycles. The molecule has 4 nitrogen and oxygen atoms in total. The van der Waals surface area contributed by atoms with Crippen LogP contribution >= 0.6 is 11.3 Å². The van der Waals surface area contributed by atoms with Gasteiger partial charge in [0, 0.05) is 24.5 Å². The number of hydrogen-bond donors (Lipinski definition) is 1. The number of carbonyl (C=O) groups is 1. The number of carbonyl (C=O) groups excluding carboxylic acids is 1. The van der Waals surface area contributed by atoms with Crippen LogP contribution in [0.2, 0.25) is 0 Å². The molecule has 1 amide bonds. The molecule has 2 N–H and O–H groups in total. The zero-order chi connectivity index (χ0) is 13.8. The van der Waals surface area contributed by atoms with Crippen LogP contribution in [0.15, 0.2) is 17.5 Å². The summed E-state index contributed by atoms with van der Waals surface area (Å²) >= 11 is 1.69. The molecule has 0 aliphatic carbocycles. The maximum Gasteiger partial charge on any atom is 0.236 e. The van der Waals surface area contributed by atoms with Gasteiger partial charge in [0.25, 0.3) is 0 Å². The van der Waals surface area contributed by atoms with Gasteiger partial charge in [-0.05, 0) is 30.3 Å².